The van der Waals surface area contributed by atoms with Gasteiger partial charge in [-0.3, -0.25) is 5.10 Å². The van der Waals surface area contributed by atoms with Crippen molar-refractivity contribution >= 4 is 5.97 Å². The SMILES string of the molecule is O=C(O)c1ccc2n1CCNC2c1cn[nH]c1. The van der Waals surface area contributed by atoms with Crippen molar-refractivity contribution in [3.05, 3.63) is 41.5 Å². The summed E-state index contributed by atoms with van der Waals surface area (Å²) in [4.78, 5) is 11.1. The summed E-state index contributed by atoms with van der Waals surface area (Å²) in [6.45, 7) is 1.43. The molecular weight excluding hydrogens is 220 g/mol. The van der Waals surface area contributed by atoms with E-state index in [1.54, 1.807) is 12.3 Å². The standard InChI is InChI=1S/C11H12N4O2/c16-11(17)9-2-1-8-10(7-5-13-14-6-7)12-3-4-15(8)9/h1-2,5-6,10,12H,3-4H2,(H,13,14)(H,16,17). The van der Waals surface area contributed by atoms with Crippen LogP contribution < -0.4 is 5.32 Å². The molecule has 1 atom stereocenters. The second-order valence-electron chi connectivity index (χ2n) is 4.02. The molecule has 0 saturated heterocycles. The average Bonchev–Trinajstić information content (AvgIpc) is 2.97. The molecule has 0 spiro atoms. The summed E-state index contributed by atoms with van der Waals surface area (Å²) in [5, 5.41) is 19.1. The van der Waals surface area contributed by atoms with E-state index in [1.165, 1.54) is 0 Å². The number of H-pyrrole nitrogens is 1. The maximum absolute atomic E-state index is 11.1. The topological polar surface area (TPSA) is 82.9 Å². The van der Waals surface area contributed by atoms with E-state index in [4.69, 9.17) is 5.11 Å². The average molecular weight is 232 g/mol. The molecule has 3 N–H and O–H groups in total. The van der Waals surface area contributed by atoms with Gasteiger partial charge in [0.05, 0.1) is 12.2 Å². The van der Waals surface area contributed by atoms with Gasteiger partial charge in [0.15, 0.2) is 0 Å². The van der Waals surface area contributed by atoms with Crippen molar-refractivity contribution in [1.29, 1.82) is 0 Å². The summed E-state index contributed by atoms with van der Waals surface area (Å²) >= 11 is 0. The van der Waals surface area contributed by atoms with Crippen molar-refractivity contribution in [3.8, 4) is 0 Å². The Hall–Kier alpha value is -2.08. The second-order valence-corrected chi connectivity index (χ2v) is 4.02. The minimum Gasteiger partial charge on any atom is -0.477 e. The number of carboxylic acid groups (broad SMARTS) is 1. The molecule has 3 heterocycles. The zero-order chi connectivity index (χ0) is 11.8. The Morgan fingerprint density at radius 1 is 1.53 bits per heavy atom. The first-order valence-corrected chi connectivity index (χ1v) is 5.42. The number of rotatable bonds is 2. The molecule has 1 aliphatic rings. The number of aromatic nitrogens is 3. The third-order valence-electron chi connectivity index (χ3n) is 3.07. The highest BCUT2D eigenvalue weighted by Crippen LogP contribution is 2.26. The second kappa shape index (κ2) is 3.74. The predicted molar refractivity (Wildman–Crippen MR) is 59.8 cm³/mol. The number of aromatic carboxylic acids is 1. The van der Waals surface area contributed by atoms with E-state index in [-0.39, 0.29) is 6.04 Å². The van der Waals surface area contributed by atoms with Crippen LogP contribution in [0.1, 0.15) is 27.8 Å². The monoisotopic (exact) mass is 232 g/mol. The first kappa shape index (κ1) is 10.1. The van der Waals surface area contributed by atoms with Crippen molar-refractivity contribution in [2.45, 2.75) is 12.6 Å². The molecule has 0 radical (unpaired) electrons. The van der Waals surface area contributed by atoms with Crippen molar-refractivity contribution in [2.24, 2.45) is 0 Å². The van der Waals surface area contributed by atoms with E-state index in [0.717, 1.165) is 17.8 Å². The van der Waals surface area contributed by atoms with Crippen LogP contribution in [0, 0.1) is 0 Å². The minimum absolute atomic E-state index is 0.00981. The van der Waals surface area contributed by atoms with Gasteiger partial charge in [-0.25, -0.2) is 4.79 Å². The Morgan fingerprint density at radius 3 is 3.12 bits per heavy atom. The first-order chi connectivity index (χ1) is 8.27. The number of nitrogens with one attached hydrogen (secondary N) is 2. The van der Waals surface area contributed by atoms with Gasteiger partial charge < -0.3 is 15.0 Å². The molecule has 1 aliphatic heterocycles. The van der Waals surface area contributed by atoms with Crippen LogP contribution in [0.25, 0.3) is 0 Å². The van der Waals surface area contributed by atoms with Crippen molar-refractivity contribution in [2.75, 3.05) is 6.54 Å². The van der Waals surface area contributed by atoms with Gasteiger partial charge in [-0.05, 0) is 12.1 Å². The quantitative estimate of drug-likeness (QED) is 0.708. The van der Waals surface area contributed by atoms with Gasteiger partial charge in [0, 0.05) is 30.5 Å². The highest BCUT2D eigenvalue weighted by molar-refractivity contribution is 5.86. The normalized spacial score (nSPS) is 18.9. The molecule has 3 rings (SSSR count). The first-order valence-electron chi connectivity index (χ1n) is 5.42. The zero-order valence-corrected chi connectivity index (χ0v) is 9.05. The smallest absolute Gasteiger partial charge is 0.352 e. The summed E-state index contributed by atoms with van der Waals surface area (Å²) in [6.07, 6.45) is 3.57. The fourth-order valence-electron chi connectivity index (χ4n) is 2.30. The van der Waals surface area contributed by atoms with E-state index in [2.05, 4.69) is 15.5 Å². The number of fused-ring (bicyclic) bond motifs is 1. The number of hydrogen-bond donors (Lipinski definition) is 3. The number of carbonyl (C=O) groups is 1. The molecule has 0 saturated carbocycles. The van der Waals surface area contributed by atoms with Crippen molar-refractivity contribution in [1.82, 2.24) is 20.1 Å². The van der Waals surface area contributed by atoms with Gasteiger partial charge in [0.1, 0.15) is 5.69 Å². The molecule has 6 heteroatoms. The maximum Gasteiger partial charge on any atom is 0.352 e. The molecule has 6 nitrogen and oxygen atoms in total. The number of carboxylic acids is 1. The third kappa shape index (κ3) is 1.53. The lowest BCUT2D eigenvalue weighted by Crippen LogP contribution is -2.34. The van der Waals surface area contributed by atoms with Gasteiger partial charge >= 0.3 is 5.97 Å². The van der Waals surface area contributed by atoms with Gasteiger partial charge in [-0.2, -0.15) is 5.10 Å². The summed E-state index contributed by atoms with van der Waals surface area (Å²) in [7, 11) is 0. The van der Waals surface area contributed by atoms with Gasteiger partial charge in [0.2, 0.25) is 0 Å². The Kier molecular flexibility index (Phi) is 2.22. The molecular formula is C11H12N4O2. The predicted octanol–water partition coefficient (Wildman–Crippen LogP) is 0.602. The summed E-state index contributed by atoms with van der Waals surface area (Å²) < 4.78 is 1.84. The fourth-order valence-corrected chi connectivity index (χ4v) is 2.30. The molecule has 0 aromatic carbocycles. The van der Waals surface area contributed by atoms with Crippen LogP contribution in [0.4, 0.5) is 0 Å². The molecule has 0 fully saturated rings. The van der Waals surface area contributed by atoms with Crippen molar-refractivity contribution in [3.63, 3.8) is 0 Å². The molecule has 88 valence electrons. The van der Waals surface area contributed by atoms with E-state index in [0.29, 0.717) is 12.2 Å². The van der Waals surface area contributed by atoms with E-state index in [1.807, 2.05) is 16.8 Å². The maximum atomic E-state index is 11.1. The summed E-state index contributed by atoms with van der Waals surface area (Å²) in [5.41, 5.74) is 2.33. The molecule has 0 amide bonds. The zero-order valence-electron chi connectivity index (χ0n) is 9.05. The Morgan fingerprint density at radius 2 is 2.41 bits per heavy atom. The Bertz CT molecular complexity index is 544. The van der Waals surface area contributed by atoms with Gasteiger partial charge in [-0.15, -0.1) is 0 Å². The molecule has 0 aliphatic carbocycles. The van der Waals surface area contributed by atoms with Gasteiger partial charge in [0.25, 0.3) is 0 Å². The molecule has 17 heavy (non-hydrogen) atoms. The van der Waals surface area contributed by atoms with Crippen LogP contribution >= 0.6 is 0 Å². The summed E-state index contributed by atoms with van der Waals surface area (Å²) in [5.74, 6) is -0.885. The lowest BCUT2D eigenvalue weighted by Gasteiger charge is -2.26. The van der Waals surface area contributed by atoms with Crippen LogP contribution in [0.5, 0.6) is 0 Å². The lowest BCUT2D eigenvalue weighted by molar-refractivity contribution is 0.0683. The van der Waals surface area contributed by atoms with Crippen LogP contribution in [-0.2, 0) is 6.54 Å². The Labute approximate surface area is 97.3 Å². The molecule has 1 unspecified atom stereocenters. The van der Waals surface area contributed by atoms with Crippen LogP contribution in [0.3, 0.4) is 0 Å². The number of nitrogens with zero attached hydrogens (tertiary/aromatic N) is 2. The van der Waals surface area contributed by atoms with Crippen LogP contribution in [-0.4, -0.2) is 32.4 Å². The number of hydrogen-bond acceptors (Lipinski definition) is 3. The van der Waals surface area contributed by atoms with Crippen LogP contribution in [0.2, 0.25) is 0 Å². The Balaban J connectivity index is 2.06. The third-order valence-corrected chi connectivity index (χ3v) is 3.07. The van der Waals surface area contributed by atoms with Crippen molar-refractivity contribution < 1.29 is 9.90 Å². The van der Waals surface area contributed by atoms with Gasteiger partial charge in [-0.1, -0.05) is 0 Å². The largest absolute Gasteiger partial charge is 0.477 e. The van der Waals surface area contributed by atoms with Crippen LogP contribution in [0.15, 0.2) is 24.5 Å². The molecule has 0 bridgehead atoms. The van der Waals surface area contributed by atoms with E-state index >= 15 is 0 Å². The highest BCUT2D eigenvalue weighted by atomic mass is 16.4. The molecule has 2 aromatic rings. The number of aromatic amines is 1. The summed E-state index contributed by atoms with van der Waals surface area (Å²) in [6, 6.07) is 3.51. The highest BCUT2D eigenvalue weighted by Gasteiger charge is 2.25. The fraction of sp³-hybridized carbons (Fsp3) is 0.273. The minimum atomic E-state index is -0.885. The lowest BCUT2D eigenvalue weighted by atomic mass is 10.1. The van der Waals surface area contributed by atoms with E-state index < -0.39 is 5.97 Å². The molecule has 2 aromatic heterocycles. The van der Waals surface area contributed by atoms with E-state index in [9.17, 15) is 4.79 Å².